The molecule has 94 valence electrons. The quantitative estimate of drug-likeness (QED) is 0.820. The van der Waals surface area contributed by atoms with Gasteiger partial charge in [-0.25, -0.2) is 4.39 Å². The molecule has 0 aliphatic rings. The van der Waals surface area contributed by atoms with Crippen molar-refractivity contribution in [1.29, 1.82) is 0 Å². The van der Waals surface area contributed by atoms with Crippen molar-refractivity contribution in [3.8, 4) is 0 Å². The largest absolute Gasteiger partial charge is 0.381 e. The Bertz CT molecular complexity index is 554. The maximum Gasteiger partial charge on any atom is 0.139 e. The Balaban J connectivity index is 2.10. The Morgan fingerprint density at radius 3 is 2.56 bits per heavy atom. The lowest BCUT2D eigenvalue weighted by Crippen LogP contribution is -2.01. The van der Waals surface area contributed by atoms with Crippen molar-refractivity contribution in [2.24, 2.45) is 0 Å². The molecule has 2 rings (SSSR count). The maximum atomic E-state index is 13.4. The van der Waals surface area contributed by atoms with Gasteiger partial charge in [0, 0.05) is 17.3 Å². The standard InChI is InChI=1S/C14H12BrClFN/c1-9-6-12(15)13(17)7-14(9)18-8-10-2-4-11(16)5-3-10/h2-7,18H,8H2,1H3. The highest BCUT2D eigenvalue weighted by molar-refractivity contribution is 9.10. The van der Waals surface area contributed by atoms with E-state index in [-0.39, 0.29) is 5.82 Å². The molecular formula is C14H12BrClFN. The molecule has 0 fully saturated rings. The molecule has 0 radical (unpaired) electrons. The minimum Gasteiger partial charge on any atom is -0.381 e. The summed E-state index contributed by atoms with van der Waals surface area (Å²) in [5, 5.41) is 3.93. The average Bonchev–Trinajstić information content (AvgIpc) is 2.34. The zero-order valence-electron chi connectivity index (χ0n) is 9.81. The Morgan fingerprint density at radius 1 is 1.22 bits per heavy atom. The number of nitrogens with one attached hydrogen (secondary N) is 1. The van der Waals surface area contributed by atoms with Crippen LogP contribution in [0.5, 0.6) is 0 Å². The molecule has 1 N–H and O–H groups in total. The fourth-order valence-corrected chi connectivity index (χ4v) is 2.22. The molecule has 0 saturated carbocycles. The van der Waals surface area contributed by atoms with Gasteiger partial charge in [-0.05, 0) is 58.2 Å². The second-order valence-electron chi connectivity index (χ2n) is 4.06. The third kappa shape index (κ3) is 3.24. The number of halogens is 3. The Kier molecular flexibility index (Phi) is 4.25. The smallest absolute Gasteiger partial charge is 0.139 e. The van der Waals surface area contributed by atoms with Crippen LogP contribution >= 0.6 is 27.5 Å². The summed E-state index contributed by atoms with van der Waals surface area (Å²) in [7, 11) is 0. The van der Waals surface area contributed by atoms with Gasteiger partial charge in [0.25, 0.3) is 0 Å². The molecule has 0 atom stereocenters. The van der Waals surface area contributed by atoms with Crippen LogP contribution in [0.4, 0.5) is 10.1 Å². The molecule has 0 bridgehead atoms. The van der Waals surface area contributed by atoms with Crippen LogP contribution in [-0.2, 0) is 6.54 Å². The molecule has 1 nitrogen and oxygen atoms in total. The van der Waals surface area contributed by atoms with Crippen LogP contribution in [0.3, 0.4) is 0 Å². The maximum absolute atomic E-state index is 13.4. The molecule has 2 aromatic rings. The monoisotopic (exact) mass is 327 g/mol. The summed E-state index contributed by atoms with van der Waals surface area (Å²) in [6, 6.07) is 10.8. The predicted octanol–water partition coefficient (Wildman–Crippen LogP) is 5.16. The first-order valence-electron chi connectivity index (χ1n) is 5.50. The van der Waals surface area contributed by atoms with E-state index >= 15 is 0 Å². The summed E-state index contributed by atoms with van der Waals surface area (Å²) in [6.07, 6.45) is 0. The lowest BCUT2D eigenvalue weighted by molar-refractivity contribution is 0.621. The number of rotatable bonds is 3. The normalized spacial score (nSPS) is 10.4. The zero-order chi connectivity index (χ0) is 13.1. The van der Waals surface area contributed by atoms with E-state index in [1.165, 1.54) is 6.07 Å². The molecule has 4 heteroatoms. The van der Waals surface area contributed by atoms with Crippen LogP contribution < -0.4 is 5.32 Å². The number of hydrogen-bond acceptors (Lipinski definition) is 1. The van der Waals surface area contributed by atoms with Crippen LogP contribution in [0, 0.1) is 12.7 Å². The van der Waals surface area contributed by atoms with Crippen LogP contribution in [-0.4, -0.2) is 0 Å². The van der Waals surface area contributed by atoms with Crippen molar-refractivity contribution in [2.75, 3.05) is 5.32 Å². The van der Waals surface area contributed by atoms with E-state index in [0.29, 0.717) is 16.0 Å². The van der Waals surface area contributed by atoms with Gasteiger partial charge in [-0.1, -0.05) is 23.7 Å². The molecule has 0 unspecified atom stereocenters. The van der Waals surface area contributed by atoms with E-state index in [9.17, 15) is 4.39 Å². The summed E-state index contributed by atoms with van der Waals surface area (Å²) in [5.74, 6) is -0.265. The molecule has 2 aromatic carbocycles. The fourth-order valence-electron chi connectivity index (χ4n) is 1.64. The molecule has 18 heavy (non-hydrogen) atoms. The van der Waals surface area contributed by atoms with Crippen LogP contribution in [0.15, 0.2) is 40.9 Å². The van der Waals surface area contributed by atoms with E-state index in [1.54, 1.807) is 6.07 Å². The van der Waals surface area contributed by atoms with Crippen molar-refractivity contribution in [3.05, 3.63) is 62.8 Å². The summed E-state index contributed by atoms with van der Waals surface area (Å²) < 4.78 is 13.9. The molecule has 0 spiro atoms. The summed E-state index contributed by atoms with van der Waals surface area (Å²) >= 11 is 8.98. The Morgan fingerprint density at radius 2 is 1.89 bits per heavy atom. The lowest BCUT2D eigenvalue weighted by Gasteiger charge is -2.10. The van der Waals surface area contributed by atoms with Crippen molar-refractivity contribution in [1.82, 2.24) is 0 Å². The minimum atomic E-state index is -0.265. The molecule has 0 aliphatic carbocycles. The Hall–Kier alpha value is -1.06. The summed E-state index contributed by atoms with van der Waals surface area (Å²) in [5.41, 5.74) is 2.89. The summed E-state index contributed by atoms with van der Waals surface area (Å²) in [6.45, 7) is 2.58. The van der Waals surface area contributed by atoms with Crippen molar-refractivity contribution in [3.63, 3.8) is 0 Å². The van der Waals surface area contributed by atoms with Gasteiger partial charge in [0.2, 0.25) is 0 Å². The lowest BCUT2D eigenvalue weighted by atomic mass is 10.1. The van der Waals surface area contributed by atoms with E-state index < -0.39 is 0 Å². The number of aryl methyl sites for hydroxylation is 1. The molecule has 0 aromatic heterocycles. The fraction of sp³-hybridized carbons (Fsp3) is 0.143. The first kappa shape index (κ1) is 13.4. The summed E-state index contributed by atoms with van der Waals surface area (Å²) in [4.78, 5) is 0. The predicted molar refractivity (Wildman–Crippen MR) is 77.6 cm³/mol. The van der Waals surface area contributed by atoms with Gasteiger partial charge in [0.1, 0.15) is 5.82 Å². The van der Waals surface area contributed by atoms with Gasteiger partial charge in [-0.2, -0.15) is 0 Å². The molecular weight excluding hydrogens is 317 g/mol. The van der Waals surface area contributed by atoms with Crippen LogP contribution in [0.1, 0.15) is 11.1 Å². The van der Waals surface area contributed by atoms with Gasteiger partial charge in [0.15, 0.2) is 0 Å². The van der Waals surface area contributed by atoms with Gasteiger partial charge < -0.3 is 5.32 Å². The second kappa shape index (κ2) is 5.72. The van der Waals surface area contributed by atoms with Crippen molar-refractivity contribution in [2.45, 2.75) is 13.5 Å². The van der Waals surface area contributed by atoms with Crippen molar-refractivity contribution >= 4 is 33.2 Å². The minimum absolute atomic E-state index is 0.265. The van der Waals surface area contributed by atoms with Gasteiger partial charge in [-0.15, -0.1) is 0 Å². The Labute approximate surface area is 119 Å². The third-order valence-electron chi connectivity index (χ3n) is 2.66. The molecule has 0 aliphatic heterocycles. The first-order chi connectivity index (χ1) is 8.56. The SMILES string of the molecule is Cc1cc(Br)c(F)cc1NCc1ccc(Cl)cc1. The highest BCUT2D eigenvalue weighted by Crippen LogP contribution is 2.24. The number of anilines is 1. The van der Waals surface area contributed by atoms with Gasteiger partial charge in [-0.3, -0.25) is 0 Å². The van der Waals surface area contributed by atoms with Crippen LogP contribution in [0.25, 0.3) is 0 Å². The van der Waals surface area contributed by atoms with E-state index in [1.807, 2.05) is 31.2 Å². The van der Waals surface area contributed by atoms with Crippen LogP contribution in [0.2, 0.25) is 5.02 Å². The average molecular weight is 329 g/mol. The molecule has 0 heterocycles. The van der Waals surface area contributed by atoms with Gasteiger partial charge in [0.05, 0.1) is 4.47 Å². The second-order valence-corrected chi connectivity index (χ2v) is 5.35. The van der Waals surface area contributed by atoms with E-state index in [0.717, 1.165) is 16.8 Å². The number of hydrogen-bond donors (Lipinski definition) is 1. The van der Waals surface area contributed by atoms with E-state index in [4.69, 9.17) is 11.6 Å². The van der Waals surface area contributed by atoms with Gasteiger partial charge >= 0.3 is 0 Å². The zero-order valence-corrected chi connectivity index (χ0v) is 12.1. The first-order valence-corrected chi connectivity index (χ1v) is 6.67. The highest BCUT2D eigenvalue weighted by Gasteiger charge is 2.05. The molecule has 0 amide bonds. The highest BCUT2D eigenvalue weighted by atomic mass is 79.9. The van der Waals surface area contributed by atoms with E-state index in [2.05, 4.69) is 21.2 Å². The third-order valence-corrected chi connectivity index (χ3v) is 3.52. The molecule has 0 saturated heterocycles. The van der Waals surface area contributed by atoms with Crippen molar-refractivity contribution < 1.29 is 4.39 Å². The number of benzene rings is 2. The topological polar surface area (TPSA) is 12.0 Å².